The Bertz CT molecular complexity index is 790. The first-order chi connectivity index (χ1) is 10.7. The number of pyridine rings is 1. The monoisotopic (exact) mass is 296 g/mol. The van der Waals surface area contributed by atoms with E-state index in [1.54, 1.807) is 30.1 Å². The van der Waals surface area contributed by atoms with E-state index in [-0.39, 0.29) is 5.69 Å². The molecule has 0 bridgehead atoms. The van der Waals surface area contributed by atoms with Gasteiger partial charge in [-0.25, -0.2) is 9.48 Å². The van der Waals surface area contributed by atoms with Gasteiger partial charge in [-0.1, -0.05) is 0 Å². The van der Waals surface area contributed by atoms with Crippen LogP contribution in [0.4, 0.5) is 0 Å². The van der Waals surface area contributed by atoms with E-state index < -0.39 is 5.97 Å². The molecule has 3 rings (SSSR count). The smallest absolute Gasteiger partial charge is 0.358 e. The molecule has 0 unspecified atom stereocenters. The van der Waals surface area contributed by atoms with Gasteiger partial charge in [-0.2, -0.15) is 5.10 Å². The summed E-state index contributed by atoms with van der Waals surface area (Å²) in [6.07, 6.45) is 7.31. The highest BCUT2D eigenvalue weighted by molar-refractivity contribution is 5.89. The lowest BCUT2D eigenvalue weighted by Crippen LogP contribution is -2.06. The summed E-state index contributed by atoms with van der Waals surface area (Å²) in [5.41, 5.74) is 2.85. The number of carbonyl (C=O) groups excluding carboxylic acids is 1. The van der Waals surface area contributed by atoms with Crippen molar-refractivity contribution < 1.29 is 9.53 Å². The normalized spacial score (nSPS) is 10.6. The SMILES string of the molecule is CCOC(=O)c1cc(-c2ccn(C)c2)n(-c2cccnc2)n1. The van der Waals surface area contributed by atoms with Gasteiger partial charge in [0.05, 0.1) is 24.2 Å². The van der Waals surface area contributed by atoms with E-state index in [2.05, 4.69) is 10.1 Å². The van der Waals surface area contributed by atoms with Gasteiger partial charge in [-0.15, -0.1) is 0 Å². The number of aryl methyl sites for hydroxylation is 1. The minimum atomic E-state index is -0.428. The van der Waals surface area contributed by atoms with Gasteiger partial charge in [0.2, 0.25) is 0 Å². The maximum Gasteiger partial charge on any atom is 0.358 e. The molecule has 6 nitrogen and oxygen atoms in total. The summed E-state index contributed by atoms with van der Waals surface area (Å²) in [6.45, 7) is 2.09. The highest BCUT2D eigenvalue weighted by atomic mass is 16.5. The Morgan fingerprint density at radius 3 is 2.86 bits per heavy atom. The number of esters is 1. The standard InChI is InChI=1S/C16H16N4O2/c1-3-22-16(21)14-9-15(12-6-8-19(2)11-12)20(18-14)13-5-4-7-17-10-13/h4-11H,3H2,1-2H3. The fourth-order valence-corrected chi connectivity index (χ4v) is 2.22. The van der Waals surface area contributed by atoms with Gasteiger partial charge in [-0.3, -0.25) is 4.98 Å². The van der Waals surface area contributed by atoms with Crippen LogP contribution in [0.1, 0.15) is 17.4 Å². The van der Waals surface area contributed by atoms with E-state index in [0.29, 0.717) is 6.61 Å². The predicted octanol–water partition coefficient (Wildman–Crippen LogP) is 2.45. The van der Waals surface area contributed by atoms with Crippen LogP contribution >= 0.6 is 0 Å². The first-order valence-electron chi connectivity index (χ1n) is 6.99. The molecule has 0 spiro atoms. The summed E-state index contributed by atoms with van der Waals surface area (Å²) in [7, 11) is 1.94. The van der Waals surface area contributed by atoms with Gasteiger partial charge in [0.1, 0.15) is 0 Å². The van der Waals surface area contributed by atoms with Gasteiger partial charge in [-0.05, 0) is 31.2 Å². The third-order valence-corrected chi connectivity index (χ3v) is 3.21. The molecule has 3 aromatic heterocycles. The maximum atomic E-state index is 12.0. The Morgan fingerprint density at radius 2 is 2.23 bits per heavy atom. The second-order valence-electron chi connectivity index (χ2n) is 4.82. The van der Waals surface area contributed by atoms with E-state index in [1.807, 2.05) is 42.2 Å². The molecule has 0 saturated carbocycles. The maximum absolute atomic E-state index is 12.0. The average molecular weight is 296 g/mol. The molecule has 0 fully saturated rings. The fraction of sp³-hybridized carbons (Fsp3) is 0.188. The van der Waals surface area contributed by atoms with Crippen LogP contribution < -0.4 is 0 Å². The molecule has 0 aliphatic rings. The molecule has 0 aliphatic carbocycles. The van der Waals surface area contributed by atoms with Crippen molar-refractivity contribution in [2.75, 3.05) is 6.61 Å². The number of nitrogens with zero attached hydrogens (tertiary/aromatic N) is 4. The van der Waals surface area contributed by atoms with Crippen LogP contribution in [-0.2, 0) is 11.8 Å². The number of hydrogen-bond donors (Lipinski definition) is 0. The molecule has 0 amide bonds. The van der Waals surface area contributed by atoms with Crippen LogP contribution in [0.3, 0.4) is 0 Å². The molecule has 22 heavy (non-hydrogen) atoms. The van der Waals surface area contributed by atoms with E-state index in [4.69, 9.17) is 4.74 Å². The summed E-state index contributed by atoms with van der Waals surface area (Å²) < 4.78 is 8.68. The van der Waals surface area contributed by atoms with Gasteiger partial charge < -0.3 is 9.30 Å². The van der Waals surface area contributed by atoms with Crippen LogP contribution in [0.5, 0.6) is 0 Å². The molecule has 0 N–H and O–H groups in total. The number of aromatic nitrogens is 4. The summed E-state index contributed by atoms with van der Waals surface area (Å²) >= 11 is 0. The molecular formula is C16H16N4O2. The lowest BCUT2D eigenvalue weighted by atomic mass is 10.2. The first kappa shape index (κ1) is 14.1. The number of ether oxygens (including phenoxy) is 1. The summed E-state index contributed by atoms with van der Waals surface area (Å²) in [5, 5.41) is 4.38. The van der Waals surface area contributed by atoms with Gasteiger partial charge in [0.25, 0.3) is 0 Å². The molecule has 3 aromatic rings. The van der Waals surface area contributed by atoms with Crippen molar-refractivity contribution in [2.24, 2.45) is 7.05 Å². The van der Waals surface area contributed by atoms with Gasteiger partial charge in [0, 0.05) is 31.2 Å². The van der Waals surface area contributed by atoms with E-state index in [1.165, 1.54) is 0 Å². The third kappa shape index (κ3) is 2.63. The van der Waals surface area contributed by atoms with E-state index in [0.717, 1.165) is 16.9 Å². The molecule has 0 atom stereocenters. The number of hydrogen-bond acceptors (Lipinski definition) is 4. The van der Waals surface area contributed by atoms with Crippen molar-refractivity contribution in [3.8, 4) is 16.9 Å². The minimum Gasteiger partial charge on any atom is -0.461 e. The Balaban J connectivity index is 2.12. The molecule has 0 radical (unpaired) electrons. The Hall–Kier alpha value is -2.89. The molecule has 0 saturated heterocycles. The first-order valence-corrected chi connectivity index (χ1v) is 6.99. The summed E-state index contributed by atoms with van der Waals surface area (Å²) in [6, 6.07) is 7.43. The fourth-order valence-electron chi connectivity index (χ4n) is 2.22. The summed E-state index contributed by atoms with van der Waals surface area (Å²) in [4.78, 5) is 16.1. The Kier molecular flexibility index (Phi) is 3.74. The zero-order chi connectivity index (χ0) is 15.5. The zero-order valence-corrected chi connectivity index (χ0v) is 12.4. The third-order valence-electron chi connectivity index (χ3n) is 3.21. The van der Waals surface area contributed by atoms with Crippen molar-refractivity contribution in [3.63, 3.8) is 0 Å². The minimum absolute atomic E-state index is 0.282. The Morgan fingerprint density at radius 1 is 1.36 bits per heavy atom. The number of rotatable bonds is 4. The average Bonchev–Trinajstić information content (AvgIpc) is 3.14. The summed E-state index contributed by atoms with van der Waals surface area (Å²) in [5.74, 6) is -0.428. The molecule has 0 aromatic carbocycles. The lowest BCUT2D eigenvalue weighted by molar-refractivity contribution is 0.0519. The molecule has 6 heteroatoms. The molecule has 3 heterocycles. The van der Waals surface area contributed by atoms with Crippen LogP contribution in [0.25, 0.3) is 16.9 Å². The lowest BCUT2D eigenvalue weighted by Gasteiger charge is -2.05. The van der Waals surface area contributed by atoms with E-state index in [9.17, 15) is 4.79 Å². The van der Waals surface area contributed by atoms with Crippen molar-refractivity contribution in [2.45, 2.75) is 6.92 Å². The van der Waals surface area contributed by atoms with Crippen LogP contribution in [0.15, 0.2) is 49.1 Å². The largest absolute Gasteiger partial charge is 0.461 e. The van der Waals surface area contributed by atoms with E-state index >= 15 is 0 Å². The van der Waals surface area contributed by atoms with Gasteiger partial charge >= 0.3 is 5.97 Å². The predicted molar refractivity (Wildman–Crippen MR) is 81.7 cm³/mol. The molecular weight excluding hydrogens is 280 g/mol. The second-order valence-corrected chi connectivity index (χ2v) is 4.82. The van der Waals surface area contributed by atoms with Crippen molar-refractivity contribution >= 4 is 5.97 Å². The molecule has 112 valence electrons. The highest BCUT2D eigenvalue weighted by Crippen LogP contribution is 2.24. The van der Waals surface area contributed by atoms with Crippen molar-refractivity contribution in [3.05, 3.63) is 54.7 Å². The van der Waals surface area contributed by atoms with Crippen LogP contribution in [-0.4, -0.2) is 31.9 Å². The topological polar surface area (TPSA) is 61.9 Å². The zero-order valence-electron chi connectivity index (χ0n) is 12.4. The van der Waals surface area contributed by atoms with Crippen LogP contribution in [0, 0.1) is 0 Å². The second kappa shape index (κ2) is 5.85. The van der Waals surface area contributed by atoms with Crippen LogP contribution in [0.2, 0.25) is 0 Å². The number of carbonyl (C=O) groups is 1. The van der Waals surface area contributed by atoms with Crippen molar-refractivity contribution in [1.82, 2.24) is 19.3 Å². The Labute approximate surface area is 128 Å². The quantitative estimate of drug-likeness (QED) is 0.694. The van der Waals surface area contributed by atoms with Crippen molar-refractivity contribution in [1.29, 1.82) is 0 Å². The highest BCUT2D eigenvalue weighted by Gasteiger charge is 2.18. The van der Waals surface area contributed by atoms with Gasteiger partial charge in [0.15, 0.2) is 5.69 Å². The molecule has 0 aliphatic heterocycles.